The van der Waals surface area contributed by atoms with Gasteiger partial charge in [-0.05, 0) is 31.2 Å². The second-order valence-corrected chi connectivity index (χ2v) is 7.89. The number of aromatic nitrogens is 2. The van der Waals surface area contributed by atoms with Crippen LogP contribution in [0, 0.1) is 0 Å². The standard InChI is InChI=1S/C18H16ClN3O3S/c1-2-26(24,25)21-18(23)16-12-22(13-8-4-3-5-9-13)17(20-16)14-10-6-7-11-15(14)19/h3-12H,2H2,1H3,(H,21,23). The van der Waals surface area contributed by atoms with E-state index in [2.05, 4.69) is 4.98 Å². The summed E-state index contributed by atoms with van der Waals surface area (Å²) in [6.45, 7) is 1.45. The quantitative estimate of drug-likeness (QED) is 0.726. The second kappa shape index (κ2) is 7.31. The van der Waals surface area contributed by atoms with Crippen LogP contribution in [0.5, 0.6) is 0 Å². The maximum absolute atomic E-state index is 12.3. The molecule has 0 spiro atoms. The summed E-state index contributed by atoms with van der Waals surface area (Å²) in [5.74, 6) is -0.536. The van der Waals surface area contributed by atoms with Crippen molar-refractivity contribution in [3.05, 3.63) is 71.5 Å². The Balaban J connectivity index is 2.13. The zero-order valence-electron chi connectivity index (χ0n) is 13.9. The van der Waals surface area contributed by atoms with Gasteiger partial charge in [-0.2, -0.15) is 0 Å². The minimum absolute atomic E-state index is 0.0132. The lowest BCUT2D eigenvalue weighted by Gasteiger charge is -2.08. The molecule has 3 rings (SSSR count). The fourth-order valence-electron chi connectivity index (χ4n) is 2.37. The van der Waals surface area contributed by atoms with E-state index in [4.69, 9.17) is 11.6 Å². The summed E-state index contributed by atoms with van der Waals surface area (Å²) in [4.78, 5) is 16.7. The molecular weight excluding hydrogens is 374 g/mol. The molecule has 1 aromatic heterocycles. The van der Waals surface area contributed by atoms with Gasteiger partial charge >= 0.3 is 0 Å². The maximum atomic E-state index is 12.3. The normalized spacial score (nSPS) is 11.3. The lowest BCUT2D eigenvalue weighted by molar-refractivity contribution is 0.0977. The second-order valence-electron chi connectivity index (χ2n) is 5.47. The van der Waals surface area contributed by atoms with Gasteiger partial charge in [-0.15, -0.1) is 0 Å². The molecule has 0 atom stereocenters. The fourth-order valence-corrected chi connectivity index (χ4v) is 3.12. The average Bonchev–Trinajstić information content (AvgIpc) is 3.08. The van der Waals surface area contributed by atoms with Crippen LogP contribution < -0.4 is 4.72 Å². The van der Waals surface area contributed by atoms with Crippen molar-refractivity contribution >= 4 is 27.5 Å². The summed E-state index contributed by atoms with van der Waals surface area (Å²) >= 11 is 6.29. The Hall–Kier alpha value is -2.64. The molecule has 1 heterocycles. The number of imidazole rings is 1. The van der Waals surface area contributed by atoms with E-state index in [1.807, 2.05) is 41.1 Å². The van der Waals surface area contributed by atoms with Crippen molar-refractivity contribution in [2.24, 2.45) is 0 Å². The SMILES string of the molecule is CCS(=O)(=O)NC(=O)c1cn(-c2ccccc2)c(-c2ccccc2Cl)n1. The number of carbonyl (C=O) groups is 1. The lowest BCUT2D eigenvalue weighted by Crippen LogP contribution is -2.32. The average molecular weight is 390 g/mol. The van der Waals surface area contributed by atoms with Crippen LogP contribution in [0.1, 0.15) is 17.4 Å². The molecule has 8 heteroatoms. The maximum Gasteiger partial charge on any atom is 0.284 e. The van der Waals surface area contributed by atoms with Gasteiger partial charge in [0.15, 0.2) is 0 Å². The fraction of sp³-hybridized carbons (Fsp3) is 0.111. The Morgan fingerprint density at radius 1 is 1.12 bits per heavy atom. The highest BCUT2D eigenvalue weighted by Crippen LogP contribution is 2.29. The van der Waals surface area contributed by atoms with Gasteiger partial charge in [0.05, 0.1) is 10.8 Å². The Morgan fingerprint density at radius 3 is 2.42 bits per heavy atom. The van der Waals surface area contributed by atoms with Gasteiger partial charge < -0.3 is 0 Å². The molecule has 3 aromatic rings. The van der Waals surface area contributed by atoms with Gasteiger partial charge in [0.2, 0.25) is 10.0 Å². The number of amides is 1. The number of hydrogen-bond acceptors (Lipinski definition) is 4. The molecule has 1 N–H and O–H groups in total. The van der Waals surface area contributed by atoms with Crippen LogP contribution in [0.3, 0.4) is 0 Å². The third-order valence-electron chi connectivity index (χ3n) is 3.72. The van der Waals surface area contributed by atoms with E-state index < -0.39 is 15.9 Å². The molecular formula is C18H16ClN3O3S. The van der Waals surface area contributed by atoms with Gasteiger partial charge in [0.1, 0.15) is 11.5 Å². The molecule has 0 saturated heterocycles. The van der Waals surface area contributed by atoms with Crippen LogP contribution in [0.4, 0.5) is 0 Å². The highest BCUT2D eigenvalue weighted by Gasteiger charge is 2.21. The monoisotopic (exact) mass is 389 g/mol. The number of benzene rings is 2. The summed E-state index contributed by atoms with van der Waals surface area (Å²) in [5, 5.41) is 0.475. The van der Waals surface area contributed by atoms with Gasteiger partial charge in [-0.1, -0.05) is 41.9 Å². The molecule has 0 aliphatic carbocycles. The third kappa shape index (κ3) is 3.79. The van der Waals surface area contributed by atoms with Crippen molar-refractivity contribution in [1.29, 1.82) is 0 Å². The highest BCUT2D eigenvalue weighted by atomic mass is 35.5. The number of hydrogen-bond donors (Lipinski definition) is 1. The first-order chi connectivity index (χ1) is 12.4. The first-order valence-electron chi connectivity index (χ1n) is 7.86. The van der Waals surface area contributed by atoms with E-state index in [1.54, 1.807) is 22.8 Å². The highest BCUT2D eigenvalue weighted by molar-refractivity contribution is 7.90. The number of halogens is 1. The molecule has 26 heavy (non-hydrogen) atoms. The van der Waals surface area contributed by atoms with Gasteiger partial charge in [0.25, 0.3) is 5.91 Å². The zero-order valence-corrected chi connectivity index (χ0v) is 15.5. The predicted octanol–water partition coefficient (Wildman–Crippen LogP) is 3.27. The smallest absolute Gasteiger partial charge is 0.284 e. The number of nitrogens with one attached hydrogen (secondary N) is 1. The van der Waals surface area contributed by atoms with Gasteiger partial charge in [0, 0.05) is 17.4 Å². The largest absolute Gasteiger partial charge is 0.299 e. The number of sulfonamides is 1. The lowest BCUT2D eigenvalue weighted by atomic mass is 10.2. The minimum atomic E-state index is -3.68. The van der Waals surface area contributed by atoms with Crippen LogP contribution in [0.25, 0.3) is 17.1 Å². The van der Waals surface area contributed by atoms with Crippen molar-refractivity contribution in [3.63, 3.8) is 0 Å². The Morgan fingerprint density at radius 2 is 1.77 bits per heavy atom. The molecule has 0 saturated carbocycles. The molecule has 0 aliphatic rings. The molecule has 0 aliphatic heterocycles. The van der Waals surface area contributed by atoms with E-state index in [0.717, 1.165) is 5.69 Å². The molecule has 0 bridgehead atoms. The van der Waals surface area contributed by atoms with Crippen molar-refractivity contribution < 1.29 is 13.2 Å². The first-order valence-corrected chi connectivity index (χ1v) is 9.89. The number of para-hydroxylation sites is 1. The number of carbonyl (C=O) groups excluding carboxylic acids is 1. The topological polar surface area (TPSA) is 81.1 Å². The van der Waals surface area contributed by atoms with E-state index in [9.17, 15) is 13.2 Å². The summed E-state index contributed by atoms with van der Waals surface area (Å²) in [5.41, 5.74) is 1.39. The van der Waals surface area contributed by atoms with Crippen LogP contribution in [-0.4, -0.2) is 29.6 Å². The molecule has 0 unspecified atom stereocenters. The molecule has 6 nitrogen and oxygen atoms in total. The van der Waals surface area contributed by atoms with Crippen LogP contribution in [0.15, 0.2) is 60.8 Å². The molecule has 0 radical (unpaired) electrons. The van der Waals surface area contributed by atoms with Crippen molar-refractivity contribution in [2.45, 2.75) is 6.92 Å². The van der Waals surface area contributed by atoms with Crippen molar-refractivity contribution in [1.82, 2.24) is 14.3 Å². The zero-order chi connectivity index (χ0) is 18.7. The minimum Gasteiger partial charge on any atom is -0.299 e. The summed E-state index contributed by atoms with van der Waals surface area (Å²) in [6.07, 6.45) is 1.49. The van der Waals surface area contributed by atoms with Crippen molar-refractivity contribution in [3.8, 4) is 17.1 Å². The summed E-state index contributed by atoms with van der Waals surface area (Å²) in [7, 11) is -3.68. The Bertz CT molecular complexity index is 1050. The van der Waals surface area contributed by atoms with E-state index in [0.29, 0.717) is 16.4 Å². The van der Waals surface area contributed by atoms with Crippen LogP contribution in [0.2, 0.25) is 5.02 Å². The summed E-state index contributed by atoms with van der Waals surface area (Å²) < 4.78 is 27.1. The van der Waals surface area contributed by atoms with Gasteiger partial charge in [-0.3, -0.25) is 9.36 Å². The third-order valence-corrected chi connectivity index (χ3v) is 5.30. The van der Waals surface area contributed by atoms with Crippen LogP contribution in [-0.2, 0) is 10.0 Å². The van der Waals surface area contributed by atoms with Gasteiger partial charge in [-0.25, -0.2) is 18.1 Å². The van der Waals surface area contributed by atoms with E-state index in [-0.39, 0.29) is 11.4 Å². The molecule has 2 aromatic carbocycles. The summed E-state index contributed by atoms with van der Waals surface area (Å²) in [6, 6.07) is 16.4. The number of rotatable bonds is 5. The van der Waals surface area contributed by atoms with E-state index in [1.165, 1.54) is 13.1 Å². The van der Waals surface area contributed by atoms with Crippen LogP contribution >= 0.6 is 11.6 Å². The molecule has 0 fully saturated rings. The van der Waals surface area contributed by atoms with E-state index >= 15 is 0 Å². The molecule has 1 amide bonds. The first kappa shape index (κ1) is 18.2. The Labute approximate surface area is 156 Å². The number of nitrogens with zero attached hydrogens (tertiary/aromatic N) is 2. The molecule has 134 valence electrons. The Kier molecular flexibility index (Phi) is 5.11. The predicted molar refractivity (Wildman–Crippen MR) is 101 cm³/mol. The van der Waals surface area contributed by atoms with Crippen molar-refractivity contribution in [2.75, 3.05) is 5.75 Å².